The van der Waals surface area contributed by atoms with Crippen LogP contribution in [0.25, 0.3) is 0 Å². The number of aryl methyl sites for hydroxylation is 4. The van der Waals surface area contributed by atoms with Gasteiger partial charge in [0.15, 0.2) is 23.1 Å². The normalized spacial score (nSPS) is 17.9. The minimum atomic E-state index is -1.18. The zero-order chi connectivity index (χ0) is 39.7. The maximum absolute atomic E-state index is 14.4. The number of ketones is 4. The quantitative estimate of drug-likeness (QED) is 0.145. The number of carbonyl (C=O) groups excluding carboxylic acids is 4. The van der Waals surface area contributed by atoms with Gasteiger partial charge in [0.05, 0.1) is 0 Å². The average molecular weight is 761 g/mol. The number of benzene rings is 6. The number of hydrogen-bond donors (Lipinski definition) is 0. The van der Waals surface area contributed by atoms with Crippen LogP contribution in [0.5, 0.6) is 0 Å². The van der Waals surface area contributed by atoms with Gasteiger partial charge in [-0.2, -0.15) is 0 Å². The Morgan fingerprint density at radius 3 is 0.741 bits per heavy atom. The summed E-state index contributed by atoms with van der Waals surface area (Å²) in [5.41, 5.74) is 8.60. The molecule has 3 aliphatic rings. The molecule has 0 fully saturated rings. The lowest BCUT2D eigenvalue weighted by atomic mass is 9.72. The van der Waals surface area contributed by atoms with E-state index < -0.39 is 10.8 Å². The van der Waals surface area contributed by atoms with Gasteiger partial charge in [0.2, 0.25) is 0 Å². The third kappa shape index (κ3) is 7.10. The van der Waals surface area contributed by atoms with E-state index >= 15 is 0 Å². The molecule has 0 radical (unpaired) electrons. The van der Waals surface area contributed by atoms with Crippen LogP contribution in [-0.4, -0.2) is 23.1 Å². The highest BCUT2D eigenvalue weighted by molar-refractivity contribution is 6.30. The molecule has 6 aromatic rings. The van der Waals surface area contributed by atoms with Crippen molar-refractivity contribution >= 4 is 23.1 Å². The maximum Gasteiger partial charge on any atom is 0.178 e. The van der Waals surface area contributed by atoms with E-state index in [2.05, 4.69) is 97.1 Å². The smallest absolute Gasteiger partial charge is 0.178 e. The summed E-state index contributed by atoms with van der Waals surface area (Å²) in [4.78, 5) is 57.5. The highest BCUT2D eigenvalue weighted by atomic mass is 16.2. The van der Waals surface area contributed by atoms with Gasteiger partial charge < -0.3 is 0 Å². The third-order valence-corrected chi connectivity index (χ3v) is 12.9. The zero-order valence-electron chi connectivity index (χ0n) is 33.0. The minimum absolute atomic E-state index is 0.0707. The van der Waals surface area contributed by atoms with Crippen LogP contribution in [0.2, 0.25) is 0 Å². The predicted octanol–water partition coefficient (Wildman–Crippen LogP) is 10.8. The van der Waals surface area contributed by atoms with Crippen LogP contribution < -0.4 is 0 Å². The van der Waals surface area contributed by atoms with Crippen LogP contribution in [0.15, 0.2) is 146 Å². The molecule has 4 heteroatoms. The summed E-state index contributed by atoms with van der Waals surface area (Å²) in [7, 11) is 0. The van der Waals surface area contributed by atoms with Gasteiger partial charge in [-0.1, -0.05) is 146 Å². The maximum atomic E-state index is 14.4. The molecule has 0 aromatic heterocycles. The lowest BCUT2D eigenvalue weighted by Gasteiger charge is -2.27. The molecule has 4 nitrogen and oxygen atoms in total. The molecule has 58 heavy (non-hydrogen) atoms. The second-order valence-electron chi connectivity index (χ2n) is 17.0. The standard InChI is InChI=1S/C54H48O4/c55-49-45-25-5-6-26-46(45)50(56)53(49)33-41-21-9-17-37(29-41)13-1-2-14-38-18-10-22-42(30-38)34-54(51(57)47-27-7-8-28-48(47)52(54)58)36-44-24-12-20-40(32-44)16-4-3-15-39-19-11-23-43(31-39)35-53/h5-12,17-32H,1-4,13-16,33-36H2. The summed E-state index contributed by atoms with van der Waals surface area (Å²) in [6, 6.07) is 48.5. The minimum Gasteiger partial charge on any atom is -0.293 e. The van der Waals surface area contributed by atoms with E-state index in [1.54, 1.807) is 0 Å². The number of fused-ring (bicyclic) bond motifs is 10. The Morgan fingerprint density at radius 2 is 0.500 bits per heavy atom. The molecule has 288 valence electrons. The molecule has 0 aliphatic heterocycles. The van der Waals surface area contributed by atoms with Crippen molar-refractivity contribution < 1.29 is 19.2 Å². The van der Waals surface area contributed by atoms with Crippen LogP contribution >= 0.6 is 0 Å². The van der Waals surface area contributed by atoms with Gasteiger partial charge in [-0.3, -0.25) is 19.2 Å². The largest absolute Gasteiger partial charge is 0.293 e. The van der Waals surface area contributed by atoms with Crippen molar-refractivity contribution in [2.75, 3.05) is 0 Å². The van der Waals surface area contributed by atoms with Crippen LogP contribution in [0.3, 0.4) is 0 Å². The van der Waals surface area contributed by atoms with Crippen LogP contribution in [0.4, 0.5) is 0 Å². The SMILES string of the molecule is O=C1c2ccccc2C(=O)C12Cc1cccc(c1)CCCCc1cccc(c1)CC1(Cc3cccc(c3)CCCCc3cccc(c3)C2)C(=O)c2ccccc2C1=O. The summed E-state index contributed by atoms with van der Waals surface area (Å²) >= 11 is 0. The Morgan fingerprint density at radius 1 is 0.276 bits per heavy atom. The number of hydrogen-bond acceptors (Lipinski definition) is 4. The molecule has 0 atom stereocenters. The van der Waals surface area contributed by atoms with Gasteiger partial charge in [0, 0.05) is 22.3 Å². The van der Waals surface area contributed by atoms with Crippen molar-refractivity contribution in [1.29, 1.82) is 0 Å². The van der Waals surface area contributed by atoms with Gasteiger partial charge in [0.1, 0.15) is 10.8 Å². The lowest BCUT2D eigenvalue weighted by Crippen LogP contribution is -2.38. The third-order valence-electron chi connectivity index (χ3n) is 12.9. The first-order valence-corrected chi connectivity index (χ1v) is 21.0. The van der Waals surface area contributed by atoms with Crippen molar-refractivity contribution in [3.63, 3.8) is 0 Å². The monoisotopic (exact) mass is 760 g/mol. The van der Waals surface area contributed by atoms with Crippen molar-refractivity contribution in [2.24, 2.45) is 10.8 Å². The molecule has 0 heterocycles. The van der Waals surface area contributed by atoms with Gasteiger partial charge >= 0.3 is 0 Å². The molecule has 0 unspecified atom stereocenters. The molecule has 0 N–H and O–H groups in total. The van der Waals surface area contributed by atoms with Crippen molar-refractivity contribution in [3.8, 4) is 0 Å². The molecule has 0 saturated heterocycles. The Kier molecular flexibility index (Phi) is 10.2. The summed E-state index contributed by atoms with van der Waals surface area (Å²) in [5.74, 6) is -0.283. The van der Waals surface area contributed by atoms with E-state index in [1.807, 2.05) is 48.5 Å². The molecule has 0 saturated carbocycles. The van der Waals surface area contributed by atoms with Crippen molar-refractivity contribution in [2.45, 2.75) is 77.0 Å². The first-order valence-electron chi connectivity index (χ1n) is 21.0. The number of carbonyl (C=O) groups is 4. The molecule has 2 spiro atoms. The average Bonchev–Trinajstić information content (AvgIpc) is 3.57. The van der Waals surface area contributed by atoms with E-state index in [1.165, 1.54) is 22.3 Å². The van der Waals surface area contributed by atoms with Gasteiger partial charge in [-0.15, -0.1) is 0 Å². The zero-order valence-corrected chi connectivity index (χ0v) is 33.0. The first kappa shape index (κ1) is 37.6. The fraction of sp³-hybridized carbons (Fsp3) is 0.259. The number of rotatable bonds is 0. The Labute approximate surface area is 341 Å². The topological polar surface area (TPSA) is 68.3 Å². The number of Topliss-reactive ketones (excluding diaryl/α,β-unsaturated/α-hetero) is 4. The fourth-order valence-electron chi connectivity index (χ4n) is 10.1. The molecule has 8 bridgehead atoms. The van der Waals surface area contributed by atoms with E-state index in [0.29, 0.717) is 47.9 Å². The summed E-state index contributed by atoms with van der Waals surface area (Å²) in [5, 5.41) is 0. The van der Waals surface area contributed by atoms with E-state index in [4.69, 9.17) is 0 Å². The molecule has 6 aromatic carbocycles. The summed E-state index contributed by atoms with van der Waals surface area (Å²) < 4.78 is 0. The second-order valence-corrected chi connectivity index (χ2v) is 17.0. The molecule has 0 amide bonds. The molecular formula is C54H48O4. The van der Waals surface area contributed by atoms with Crippen LogP contribution in [0.1, 0.15) is 112 Å². The van der Waals surface area contributed by atoms with Crippen molar-refractivity contribution in [1.82, 2.24) is 0 Å². The van der Waals surface area contributed by atoms with Crippen LogP contribution in [0, 0.1) is 10.8 Å². The van der Waals surface area contributed by atoms with Gasteiger partial charge in [-0.25, -0.2) is 0 Å². The fourth-order valence-corrected chi connectivity index (χ4v) is 10.1. The highest BCUT2D eigenvalue weighted by Gasteiger charge is 2.53. The Bertz CT molecular complexity index is 2220. The predicted molar refractivity (Wildman–Crippen MR) is 229 cm³/mol. The lowest BCUT2D eigenvalue weighted by molar-refractivity contribution is 0.0681. The van der Waals surface area contributed by atoms with Crippen LogP contribution in [-0.2, 0) is 51.4 Å². The second kappa shape index (κ2) is 15.7. The van der Waals surface area contributed by atoms with E-state index in [-0.39, 0.29) is 23.1 Å². The van der Waals surface area contributed by atoms with Gasteiger partial charge in [0.25, 0.3) is 0 Å². The van der Waals surface area contributed by atoms with Crippen molar-refractivity contribution in [3.05, 3.63) is 212 Å². The molecular weight excluding hydrogens is 713 g/mol. The molecule has 9 rings (SSSR count). The summed E-state index contributed by atoms with van der Waals surface area (Å²) in [6.45, 7) is 0. The summed E-state index contributed by atoms with van der Waals surface area (Å²) in [6.07, 6.45) is 8.87. The van der Waals surface area contributed by atoms with E-state index in [0.717, 1.165) is 73.6 Å². The highest BCUT2D eigenvalue weighted by Crippen LogP contribution is 2.44. The van der Waals surface area contributed by atoms with E-state index in [9.17, 15) is 19.2 Å². The molecule has 3 aliphatic carbocycles. The Hall–Kier alpha value is -6.00. The first-order chi connectivity index (χ1) is 28.3. The van der Waals surface area contributed by atoms with Gasteiger partial charge in [-0.05, 0) is 122 Å². The Balaban J connectivity index is 1.03.